The molecule has 1 N–H and O–H groups in total. The van der Waals surface area contributed by atoms with Crippen molar-refractivity contribution >= 4 is 11.8 Å². The fourth-order valence-electron chi connectivity index (χ4n) is 0.876. The van der Waals surface area contributed by atoms with Crippen molar-refractivity contribution in [2.75, 3.05) is 12.4 Å². The molecule has 15 heavy (non-hydrogen) atoms. The Balaban J connectivity index is 2.73. The molecule has 1 rings (SSSR count). The van der Waals surface area contributed by atoms with Crippen molar-refractivity contribution in [3.63, 3.8) is 0 Å². The number of hydrogen-bond donors (Lipinski definition) is 1. The molecule has 1 aromatic heterocycles. The zero-order valence-corrected chi connectivity index (χ0v) is 8.52. The van der Waals surface area contributed by atoms with Crippen LogP contribution >= 0.6 is 0 Å². The Hall–Kier alpha value is -2.09. The average molecular weight is 205 g/mol. The number of carbonyl (C=O) groups excluding carboxylic acids is 1. The Bertz CT molecular complexity index is 381. The van der Waals surface area contributed by atoms with Gasteiger partial charge in [-0.2, -0.15) is 0 Å². The van der Waals surface area contributed by atoms with Crippen molar-refractivity contribution in [2.45, 2.75) is 13.0 Å². The molecular formula is C10H11N3O2. The first-order valence-corrected chi connectivity index (χ1v) is 4.30. The van der Waals surface area contributed by atoms with Gasteiger partial charge in [-0.15, -0.1) is 6.42 Å². The standard InChI is InChI=1S/C10H11N3O2/c1-4-7(2)13-9-6-11-8(5-12-9)10(14)15-3/h1,5-7H,2-3H3,(H,12,13). The molecule has 0 saturated heterocycles. The maximum Gasteiger partial charge on any atom is 0.358 e. The largest absolute Gasteiger partial charge is 0.464 e. The Kier molecular flexibility index (Phi) is 3.63. The Morgan fingerprint density at radius 3 is 2.80 bits per heavy atom. The molecule has 0 spiro atoms. The van der Waals surface area contributed by atoms with E-state index in [1.165, 1.54) is 19.5 Å². The van der Waals surface area contributed by atoms with E-state index in [2.05, 4.69) is 25.9 Å². The van der Waals surface area contributed by atoms with Crippen LogP contribution in [0.25, 0.3) is 0 Å². The number of rotatable bonds is 3. The highest BCUT2D eigenvalue weighted by Gasteiger charge is 2.07. The van der Waals surface area contributed by atoms with Crippen molar-refractivity contribution in [3.05, 3.63) is 18.1 Å². The zero-order chi connectivity index (χ0) is 11.3. The lowest BCUT2D eigenvalue weighted by Crippen LogP contribution is -2.14. The quantitative estimate of drug-likeness (QED) is 0.581. The molecular weight excluding hydrogens is 194 g/mol. The number of nitrogens with zero attached hydrogens (tertiary/aromatic N) is 2. The molecule has 5 heteroatoms. The summed E-state index contributed by atoms with van der Waals surface area (Å²) in [7, 11) is 1.29. The van der Waals surface area contributed by atoms with Crippen LogP contribution in [0.2, 0.25) is 0 Å². The highest BCUT2D eigenvalue weighted by atomic mass is 16.5. The van der Waals surface area contributed by atoms with Crippen LogP contribution in [0.15, 0.2) is 12.4 Å². The topological polar surface area (TPSA) is 64.1 Å². The maximum atomic E-state index is 11.0. The lowest BCUT2D eigenvalue weighted by atomic mass is 10.3. The number of ether oxygens (including phenoxy) is 1. The molecule has 0 amide bonds. The van der Waals surface area contributed by atoms with Crippen molar-refractivity contribution in [1.29, 1.82) is 0 Å². The second kappa shape index (κ2) is 4.96. The Morgan fingerprint density at radius 2 is 2.33 bits per heavy atom. The summed E-state index contributed by atoms with van der Waals surface area (Å²) in [5.41, 5.74) is 0.163. The highest BCUT2D eigenvalue weighted by molar-refractivity contribution is 5.86. The molecule has 1 unspecified atom stereocenters. The first kappa shape index (κ1) is 11.0. The molecule has 1 atom stereocenters. The number of terminal acetylenes is 1. The molecule has 5 nitrogen and oxygen atoms in total. The third kappa shape index (κ3) is 2.95. The Labute approximate surface area is 87.9 Å². The van der Waals surface area contributed by atoms with Gasteiger partial charge in [0.1, 0.15) is 5.82 Å². The SMILES string of the molecule is C#CC(C)Nc1cnc(C(=O)OC)cn1. The second-order valence-corrected chi connectivity index (χ2v) is 2.81. The van der Waals surface area contributed by atoms with Crippen LogP contribution in [-0.2, 0) is 4.74 Å². The predicted molar refractivity (Wildman–Crippen MR) is 55.3 cm³/mol. The summed E-state index contributed by atoms with van der Waals surface area (Å²) < 4.78 is 4.48. The van der Waals surface area contributed by atoms with Crippen molar-refractivity contribution in [2.24, 2.45) is 0 Å². The van der Waals surface area contributed by atoms with E-state index in [1.54, 1.807) is 0 Å². The van der Waals surface area contributed by atoms with E-state index in [-0.39, 0.29) is 11.7 Å². The van der Waals surface area contributed by atoms with E-state index in [0.29, 0.717) is 5.82 Å². The van der Waals surface area contributed by atoms with Crippen LogP contribution in [0.5, 0.6) is 0 Å². The van der Waals surface area contributed by atoms with Crippen LogP contribution in [0.1, 0.15) is 17.4 Å². The van der Waals surface area contributed by atoms with E-state index in [4.69, 9.17) is 6.42 Å². The summed E-state index contributed by atoms with van der Waals surface area (Å²) >= 11 is 0. The lowest BCUT2D eigenvalue weighted by molar-refractivity contribution is 0.0593. The first-order valence-electron chi connectivity index (χ1n) is 4.30. The van der Waals surface area contributed by atoms with Gasteiger partial charge in [-0.25, -0.2) is 14.8 Å². The van der Waals surface area contributed by atoms with Crippen molar-refractivity contribution in [3.8, 4) is 12.3 Å². The van der Waals surface area contributed by atoms with Gasteiger partial charge >= 0.3 is 5.97 Å². The number of hydrogen-bond acceptors (Lipinski definition) is 5. The average Bonchev–Trinajstić information content (AvgIpc) is 2.29. The summed E-state index contributed by atoms with van der Waals surface area (Å²) in [5, 5.41) is 2.91. The molecule has 1 heterocycles. The molecule has 0 aromatic carbocycles. The van der Waals surface area contributed by atoms with Crippen LogP contribution in [-0.4, -0.2) is 29.1 Å². The number of anilines is 1. The number of methoxy groups -OCH3 is 1. The molecule has 0 aliphatic rings. The van der Waals surface area contributed by atoms with Gasteiger partial charge in [-0.1, -0.05) is 5.92 Å². The van der Waals surface area contributed by atoms with Gasteiger partial charge in [0.2, 0.25) is 0 Å². The number of nitrogens with one attached hydrogen (secondary N) is 1. The van der Waals surface area contributed by atoms with E-state index in [1.807, 2.05) is 6.92 Å². The van der Waals surface area contributed by atoms with Crippen LogP contribution in [0.3, 0.4) is 0 Å². The smallest absolute Gasteiger partial charge is 0.358 e. The maximum absolute atomic E-state index is 11.0. The summed E-state index contributed by atoms with van der Waals surface area (Å²) in [5.74, 6) is 2.50. The number of esters is 1. The van der Waals surface area contributed by atoms with Crippen molar-refractivity contribution < 1.29 is 9.53 Å². The molecule has 0 fully saturated rings. The predicted octanol–water partition coefficient (Wildman–Crippen LogP) is 0.697. The minimum Gasteiger partial charge on any atom is -0.464 e. The first-order chi connectivity index (χ1) is 7.17. The summed E-state index contributed by atoms with van der Waals surface area (Å²) in [6, 6.07) is -0.136. The van der Waals surface area contributed by atoms with Crippen molar-refractivity contribution in [1.82, 2.24) is 9.97 Å². The molecule has 0 bridgehead atoms. The normalized spacial score (nSPS) is 11.3. The molecule has 0 radical (unpaired) electrons. The monoisotopic (exact) mass is 205 g/mol. The van der Waals surface area contributed by atoms with Gasteiger partial charge in [0.25, 0.3) is 0 Å². The molecule has 0 saturated carbocycles. The lowest BCUT2D eigenvalue weighted by Gasteiger charge is -2.07. The van der Waals surface area contributed by atoms with Gasteiger partial charge in [0.05, 0.1) is 25.5 Å². The summed E-state index contributed by atoms with van der Waals surface area (Å²) in [6.45, 7) is 1.82. The molecule has 0 aliphatic heterocycles. The highest BCUT2D eigenvalue weighted by Crippen LogP contribution is 2.03. The van der Waals surface area contributed by atoms with E-state index < -0.39 is 5.97 Å². The van der Waals surface area contributed by atoms with Crippen LogP contribution < -0.4 is 5.32 Å². The molecule has 0 aliphatic carbocycles. The number of aromatic nitrogens is 2. The van der Waals surface area contributed by atoms with E-state index >= 15 is 0 Å². The van der Waals surface area contributed by atoms with Gasteiger partial charge in [0, 0.05) is 0 Å². The summed E-state index contributed by atoms with van der Waals surface area (Å²) in [6.07, 6.45) is 7.95. The van der Waals surface area contributed by atoms with Crippen LogP contribution in [0.4, 0.5) is 5.82 Å². The van der Waals surface area contributed by atoms with Gasteiger partial charge in [-0.05, 0) is 6.92 Å². The van der Waals surface area contributed by atoms with Gasteiger partial charge in [-0.3, -0.25) is 0 Å². The zero-order valence-electron chi connectivity index (χ0n) is 8.52. The molecule has 1 aromatic rings. The molecule has 78 valence electrons. The van der Waals surface area contributed by atoms with Gasteiger partial charge in [0.15, 0.2) is 5.69 Å². The fraction of sp³-hybridized carbons (Fsp3) is 0.300. The third-order valence-electron chi connectivity index (χ3n) is 1.66. The van der Waals surface area contributed by atoms with Gasteiger partial charge < -0.3 is 10.1 Å². The number of carbonyl (C=O) groups is 1. The summed E-state index contributed by atoms with van der Waals surface area (Å²) in [4.78, 5) is 18.9. The second-order valence-electron chi connectivity index (χ2n) is 2.81. The Morgan fingerprint density at radius 1 is 1.60 bits per heavy atom. The minimum atomic E-state index is -0.515. The van der Waals surface area contributed by atoms with E-state index in [9.17, 15) is 4.79 Å². The van der Waals surface area contributed by atoms with E-state index in [0.717, 1.165) is 0 Å². The van der Waals surface area contributed by atoms with Crippen LogP contribution in [0, 0.1) is 12.3 Å². The third-order valence-corrected chi connectivity index (χ3v) is 1.66. The minimum absolute atomic E-state index is 0.136. The fourth-order valence-corrected chi connectivity index (χ4v) is 0.876.